The Morgan fingerprint density at radius 3 is 2.78 bits per heavy atom. The molecular weight excluding hydrogens is 165 g/mol. The molecule has 4 nitrogen and oxygen atoms in total. The Bertz CT molecular complexity index is 168. The second-order valence-electron chi connectivity index (χ2n) is 1.35. The monoisotopic (exact) mass is 167 g/mol. The van der Waals surface area contributed by atoms with Gasteiger partial charge in [0.2, 0.25) is 10.9 Å². The van der Waals surface area contributed by atoms with E-state index in [1.807, 2.05) is 0 Å². The summed E-state index contributed by atoms with van der Waals surface area (Å²) >= 11 is 10.7. The van der Waals surface area contributed by atoms with Gasteiger partial charge in [-0.1, -0.05) is 11.6 Å². The van der Waals surface area contributed by atoms with Gasteiger partial charge >= 0.3 is 6.03 Å². The van der Waals surface area contributed by atoms with Crippen molar-refractivity contribution in [3.05, 3.63) is 0 Å². The highest BCUT2D eigenvalue weighted by atomic mass is 35.5. The van der Waals surface area contributed by atoms with Crippen molar-refractivity contribution in [3.63, 3.8) is 0 Å². The third-order valence-electron chi connectivity index (χ3n) is 0.694. The molecule has 0 bridgehead atoms. The van der Waals surface area contributed by atoms with Crippen LogP contribution in [-0.2, 0) is 0 Å². The van der Waals surface area contributed by atoms with E-state index >= 15 is 0 Å². The van der Waals surface area contributed by atoms with Crippen LogP contribution in [0, 0.1) is 0 Å². The normalized spacial score (nSPS) is 26.2. The van der Waals surface area contributed by atoms with Gasteiger partial charge in [-0.15, -0.1) is 0 Å². The van der Waals surface area contributed by atoms with Gasteiger partial charge in [0.25, 0.3) is 0 Å². The zero-order valence-electron chi connectivity index (χ0n) is 4.19. The first kappa shape index (κ1) is 6.64. The van der Waals surface area contributed by atoms with Crippen molar-refractivity contribution in [2.75, 3.05) is 0 Å². The summed E-state index contributed by atoms with van der Waals surface area (Å²) in [5.41, 5.74) is -0.744. The predicted molar refractivity (Wildman–Crippen MR) is 34.6 cm³/mol. The Labute approximate surface area is 61.2 Å². The van der Waals surface area contributed by atoms with Crippen LogP contribution in [0.1, 0.15) is 0 Å². The van der Waals surface area contributed by atoms with Crippen LogP contribution in [0.15, 0.2) is 4.99 Å². The molecule has 0 fully saturated rings. The molecule has 9 heavy (non-hydrogen) atoms. The smallest absolute Gasteiger partial charge is 0.303 e. The number of carbonyl (C=O) groups is 1. The summed E-state index contributed by atoms with van der Waals surface area (Å²) in [4.78, 5) is 13.9. The predicted octanol–water partition coefficient (Wildman–Crippen LogP) is 0.416. The van der Waals surface area contributed by atoms with E-state index in [4.69, 9.17) is 23.2 Å². The number of nitrogens with zero attached hydrogens (tertiary/aromatic N) is 1. The van der Waals surface area contributed by atoms with Gasteiger partial charge in [0.15, 0.2) is 0 Å². The molecule has 0 radical (unpaired) electrons. The molecule has 0 aromatic rings. The molecule has 2 amide bonds. The van der Waals surface area contributed by atoms with Gasteiger partial charge in [0.05, 0.1) is 0 Å². The quantitative estimate of drug-likeness (QED) is 0.399. The van der Waals surface area contributed by atoms with Crippen molar-refractivity contribution in [1.82, 2.24) is 10.6 Å². The Morgan fingerprint density at radius 1 is 1.67 bits per heavy atom. The first-order valence-corrected chi connectivity index (χ1v) is 2.95. The number of amides is 2. The first-order chi connectivity index (χ1) is 4.18. The molecule has 50 valence electrons. The van der Waals surface area contributed by atoms with Crippen molar-refractivity contribution in [2.45, 2.75) is 5.62 Å². The minimum atomic E-state index is -0.744. The average Bonchev–Trinajstić information content (AvgIpc) is 1.59. The number of urea groups is 1. The van der Waals surface area contributed by atoms with Crippen LogP contribution in [0.4, 0.5) is 4.79 Å². The lowest BCUT2D eigenvalue weighted by Gasteiger charge is -2.13. The largest absolute Gasteiger partial charge is 0.323 e. The van der Waals surface area contributed by atoms with Crippen LogP contribution in [0.5, 0.6) is 0 Å². The minimum absolute atomic E-state index is 0.0127. The van der Waals surface area contributed by atoms with E-state index < -0.39 is 11.7 Å². The van der Waals surface area contributed by atoms with E-state index in [-0.39, 0.29) is 5.29 Å². The number of amidine groups is 1. The summed E-state index contributed by atoms with van der Waals surface area (Å²) in [6, 6.07) is -0.435. The van der Waals surface area contributed by atoms with Crippen LogP contribution in [-0.4, -0.2) is 17.0 Å². The van der Waals surface area contributed by atoms with Crippen LogP contribution in [0.3, 0.4) is 0 Å². The van der Waals surface area contributed by atoms with Crippen molar-refractivity contribution in [2.24, 2.45) is 4.99 Å². The van der Waals surface area contributed by atoms with E-state index in [1.54, 1.807) is 0 Å². The summed E-state index contributed by atoms with van der Waals surface area (Å²) < 4.78 is 0. The molecule has 1 unspecified atom stereocenters. The van der Waals surface area contributed by atoms with Gasteiger partial charge in [0, 0.05) is 0 Å². The molecule has 0 saturated heterocycles. The summed E-state index contributed by atoms with van der Waals surface area (Å²) in [6.07, 6.45) is 0. The highest BCUT2D eigenvalue weighted by molar-refractivity contribution is 6.66. The maximum Gasteiger partial charge on any atom is 0.323 e. The Hall–Kier alpha value is -0.480. The molecule has 0 aromatic heterocycles. The van der Waals surface area contributed by atoms with Gasteiger partial charge in [0.1, 0.15) is 0 Å². The van der Waals surface area contributed by atoms with E-state index in [0.29, 0.717) is 0 Å². The second kappa shape index (κ2) is 2.41. The van der Waals surface area contributed by atoms with Gasteiger partial charge in [-0.2, -0.15) is 0 Å². The van der Waals surface area contributed by atoms with E-state index in [0.717, 1.165) is 0 Å². The average molecular weight is 168 g/mol. The fourth-order valence-electron chi connectivity index (χ4n) is 0.402. The van der Waals surface area contributed by atoms with Gasteiger partial charge in [-0.25, -0.2) is 9.79 Å². The SMILES string of the molecule is O=C1NC(Cl)=NC(Cl)N1. The van der Waals surface area contributed by atoms with Crippen LogP contribution in [0.2, 0.25) is 0 Å². The lowest BCUT2D eigenvalue weighted by atomic mass is 10.8. The minimum Gasteiger partial charge on any atom is -0.303 e. The Kier molecular flexibility index (Phi) is 1.78. The molecule has 1 aliphatic heterocycles. The number of rotatable bonds is 0. The number of alkyl halides is 1. The molecule has 1 rings (SSSR count). The lowest BCUT2D eigenvalue weighted by Crippen LogP contribution is -2.45. The zero-order valence-corrected chi connectivity index (χ0v) is 5.70. The van der Waals surface area contributed by atoms with Gasteiger partial charge < -0.3 is 5.32 Å². The van der Waals surface area contributed by atoms with E-state index in [2.05, 4.69) is 15.6 Å². The fourth-order valence-corrected chi connectivity index (χ4v) is 0.832. The molecule has 1 heterocycles. The number of nitrogens with one attached hydrogen (secondary N) is 2. The molecule has 0 aromatic carbocycles. The van der Waals surface area contributed by atoms with Crippen molar-refractivity contribution < 1.29 is 4.79 Å². The molecule has 2 N–H and O–H groups in total. The van der Waals surface area contributed by atoms with Crippen molar-refractivity contribution >= 4 is 34.5 Å². The molecular formula is C3H3Cl2N3O. The van der Waals surface area contributed by atoms with E-state index in [1.165, 1.54) is 0 Å². The third-order valence-corrected chi connectivity index (χ3v) is 1.09. The third kappa shape index (κ3) is 1.73. The van der Waals surface area contributed by atoms with Crippen LogP contribution in [0.25, 0.3) is 0 Å². The molecule has 0 aliphatic carbocycles. The Balaban J connectivity index is 2.67. The molecule has 0 saturated carbocycles. The number of carbonyl (C=O) groups excluding carboxylic acids is 1. The molecule has 1 atom stereocenters. The maximum atomic E-state index is 10.4. The maximum absolute atomic E-state index is 10.4. The second-order valence-corrected chi connectivity index (χ2v) is 2.13. The standard InChI is InChI=1S/C3H3Cl2N3O/c4-1-6-2(5)8-3(9)7-1/h1H,(H2,6,7,8,9). The molecule has 0 spiro atoms. The summed E-state index contributed by atoms with van der Waals surface area (Å²) in [5, 5.41) is 4.46. The van der Waals surface area contributed by atoms with Gasteiger partial charge in [-0.05, 0) is 11.6 Å². The van der Waals surface area contributed by atoms with Crippen molar-refractivity contribution in [1.29, 1.82) is 0 Å². The number of hydrogen-bond acceptors (Lipinski definition) is 2. The van der Waals surface area contributed by atoms with Crippen molar-refractivity contribution in [3.8, 4) is 0 Å². The fraction of sp³-hybridized carbons (Fsp3) is 0.333. The number of hydrogen-bond donors (Lipinski definition) is 2. The topological polar surface area (TPSA) is 53.5 Å². The molecule has 6 heteroatoms. The molecule has 1 aliphatic rings. The highest BCUT2D eigenvalue weighted by Crippen LogP contribution is 1.98. The number of halogens is 2. The van der Waals surface area contributed by atoms with E-state index in [9.17, 15) is 4.79 Å². The summed E-state index contributed by atoms with van der Waals surface area (Å²) in [6.45, 7) is 0. The Morgan fingerprint density at radius 2 is 2.33 bits per heavy atom. The zero-order chi connectivity index (χ0) is 6.85. The lowest BCUT2D eigenvalue weighted by molar-refractivity contribution is 0.243. The van der Waals surface area contributed by atoms with Crippen LogP contribution < -0.4 is 10.6 Å². The summed E-state index contributed by atoms with van der Waals surface area (Å²) in [7, 11) is 0. The van der Waals surface area contributed by atoms with Gasteiger partial charge in [-0.3, -0.25) is 5.32 Å². The summed E-state index contributed by atoms with van der Waals surface area (Å²) in [5.74, 6) is 0. The highest BCUT2D eigenvalue weighted by Gasteiger charge is 2.14. The first-order valence-electron chi connectivity index (χ1n) is 2.13. The van der Waals surface area contributed by atoms with Crippen LogP contribution >= 0.6 is 23.2 Å². The number of aliphatic imine (C=N–C) groups is 1.